The highest BCUT2D eigenvalue weighted by Crippen LogP contribution is 2.51. The molecule has 1 fully saturated rings. The number of ether oxygens (including phenoxy) is 1. The molecule has 114 valence electrons. The largest absolute Gasteiger partial charge is 0.493 e. The minimum absolute atomic E-state index is 0.501. The fourth-order valence-electron chi connectivity index (χ4n) is 4.19. The van der Waals surface area contributed by atoms with E-state index in [1.54, 1.807) is 0 Å². The lowest BCUT2D eigenvalue weighted by molar-refractivity contribution is 0.138. The fraction of sp³-hybridized carbons (Fsp3) is 0.400. The van der Waals surface area contributed by atoms with Gasteiger partial charge in [0.15, 0.2) is 0 Å². The number of likely N-dealkylation sites (tertiary alicyclic amines) is 1. The van der Waals surface area contributed by atoms with Gasteiger partial charge in [-0.15, -0.1) is 0 Å². The third kappa shape index (κ3) is 2.14. The lowest BCUT2D eigenvalue weighted by Crippen LogP contribution is -2.31. The van der Waals surface area contributed by atoms with Crippen molar-refractivity contribution in [3.63, 3.8) is 0 Å². The van der Waals surface area contributed by atoms with Crippen molar-refractivity contribution in [2.75, 3.05) is 13.2 Å². The average Bonchev–Trinajstić information content (AvgIpc) is 2.94. The standard InChI is InChI=1S/C20H23NO/c1-3-21-18(15-10-8-14(2)9-11-15)12-16-13-22-19-7-5-4-6-17(19)20(16)21/h4-11,16,18,20H,3,12-13H2,1-2H3/t16-,18+,20-/m0/s1. The number of rotatable bonds is 2. The summed E-state index contributed by atoms with van der Waals surface area (Å²) in [6, 6.07) is 18.6. The van der Waals surface area contributed by atoms with Gasteiger partial charge in [0.25, 0.3) is 0 Å². The normalized spacial score (nSPS) is 27.1. The number of hydrogen-bond acceptors (Lipinski definition) is 2. The Balaban J connectivity index is 1.72. The first kappa shape index (κ1) is 13.8. The van der Waals surface area contributed by atoms with Gasteiger partial charge in [-0.05, 0) is 31.5 Å². The summed E-state index contributed by atoms with van der Waals surface area (Å²) < 4.78 is 6.01. The van der Waals surface area contributed by atoms with E-state index < -0.39 is 0 Å². The van der Waals surface area contributed by atoms with E-state index in [1.165, 1.54) is 23.1 Å². The molecule has 2 aromatic rings. The minimum atomic E-state index is 0.501. The summed E-state index contributed by atoms with van der Waals surface area (Å²) in [7, 11) is 0. The zero-order valence-electron chi connectivity index (χ0n) is 13.3. The summed E-state index contributed by atoms with van der Waals surface area (Å²) in [5.74, 6) is 1.67. The van der Waals surface area contributed by atoms with Gasteiger partial charge in [0.1, 0.15) is 5.75 Å². The Labute approximate surface area is 132 Å². The minimum Gasteiger partial charge on any atom is -0.493 e. The number of aryl methyl sites for hydroxylation is 1. The molecule has 3 atom stereocenters. The number of nitrogens with zero attached hydrogens (tertiary/aromatic N) is 1. The van der Waals surface area contributed by atoms with Crippen LogP contribution >= 0.6 is 0 Å². The molecule has 0 unspecified atom stereocenters. The zero-order chi connectivity index (χ0) is 15.1. The van der Waals surface area contributed by atoms with Crippen LogP contribution in [0.25, 0.3) is 0 Å². The Kier molecular flexibility index (Phi) is 3.42. The molecule has 0 aliphatic carbocycles. The van der Waals surface area contributed by atoms with Crippen LogP contribution in [0.1, 0.15) is 42.1 Å². The van der Waals surface area contributed by atoms with Crippen LogP contribution in [0.2, 0.25) is 0 Å². The summed E-state index contributed by atoms with van der Waals surface area (Å²) in [5.41, 5.74) is 4.14. The molecule has 0 N–H and O–H groups in total. The molecule has 0 saturated carbocycles. The van der Waals surface area contributed by atoms with Gasteiger partial charge in [-0.25, -0.2) is 0 Å². The predicted octanol–water partition coefficient (Wildman–Crippen LogP) is 4.51. The first-order chi connectivity index (χ1) is 10.8. The van der Waals surface area contributed by atoms with E-state index in [2.05, 4.69) is 67.3 Å². The molecule has 2 aliphatic heterocycles. The average molecular weight is 293 g/mol. The van der Waals surface area contributed by atoms with E-state index in [1.807, 2.05) is 0 Å². The summed E-state index contributed by atoms with van der Waals surface area (Å²) in [5, 5.41) is 0. The molecule has 2 heteroatoms. The Morgan fingerprint density at radius 2 is 1.86 bits per heavy atom. The van der Waals surface area contributed by atoms with Crippen molar-refractivity contribution in [3.8, 4) is 5.75 Å². The summed E-state index contributed by atoms with van der Waals surface area (Å²) >= 11 is 0. The molecule has 0 aromatic heterocycles. The molecule has 0 bridgehead atoms. The van der Waals surface area contributed by atoms with Gasteiger partial charge in [-0.1, -0.05) is 55.0 Å². The van der Waals surface area contributed by atoms with E-state index in [4.69, 9.17) is 4.74 Å². The van der Waals surface area contributed by atoms with Crippen LogP contribution in [0.15, 0.2) is 48.5 Å². The highest BCUT2D eigenvalue weighted by molar-refractivity contribution is 5.40. The lowest BCUT2D eigenvalue weighted by atomic mass is 9.90. The molecular formula is C20H23NO. The van der Waals surface area contributed by atoms with Crippen molar-refractivity contribution in [2.24, 2.45) is 5.92 Å². The van der Waals surface area contributed by atoms with Gasteiger partial charge in [-0.3, -0.25) is 4.90 Å². The van der Waals surface area contributed by atoms with E-state index >= 15 is 0 Å². The van der Waals surface area contributed by atoms with E-state index in [-0.39, 0.29) is 0 Å². The van der Waals surface area contributed by atoms with Crippen molar-refractivity contribution < 1.29 is 4.74 Å². The van der Waals surface area contributed by atoms with Gasteiger partial charge < -0.3 is 4.74 Å². The van der Waals surface area contributed by atoms with Crippen LogP contribution in [0.4, 0.5) is 0 Å². The first-order valence-electron chi connectivity index (χ1n) is 8.32. The third-order valence-corrected chi connectivity index (χ3v) is 5.25. The Hall–Kier alpha value is -1.80. The fourth-order valence-corrected chi connectivity index (χ4v) is 4.19. The molecule has 0 amide bonds. The second-order valence-corrected chi connectivity index (χ2v) is 6.55. The van der Waals surface area contributed by atoms with Crippen molar-refractivity contribution in [1.29, 1.82) is 0 Å². The lowest BCUT2D eigenvalue weighted by Gasteiger charge is -2.34. The molecule has 22 heavy (non-hydrogen) atoms. The summed E-state index contributed by atoms with van der Waals surface area (Å²) in [4.78, 5) is 2.66. The van der Waals surface area contributed by atoms with E-state index in [0.29, 0.717) is 18.0 Å². The maximum Gasteiger partial charge on any atom is 0.124 e. The number of para-hydroxylation sites is 1. The molecule has 4 rings (SSSR count). The number of fused-ring (bicyclic) bond motifs is 3. The molecule has 1 saturated heterocycles. The Morgan fingerprint density at radius 3 is 2.64 bits per heavy atom. The quantitative estimate of drug-likeness (QED) is 0.807. The van der Waals surface area contributed by atoms with Gasteiger partial charge in [-0.2, -0.15) is 0 Å². The predicted molar refractivity (Wildman–Crippen MR) is 89.1 cm³/mol. The van der Waals surface area contributed by atoms with Crippen molar-refractivity contribution >= 4 is 0 Å². The second-order valence-electron chi connectivity index (χ2n) is 6.55. The van der Waals surface area contributed by atoms with Crippen molar-refractivity contribution in [3.05, 3.63) is 65.2 Å². The van der Waals surface area contributed by atoms with Crippen molar-refractivity contribution in [1.82, 2.24) is 4.90 Å². The van der Waals surface area contributed by atoms with Gasteiger partial charge in [0, 0.05) is 23.6 Å². The van der Waals surface area contributed by atoms with E-state index in [9.17, 15) is 0 Å². The maximum absolute atomic E-state index is 6.01. The van der Waals surface area contributed by atoms with E-state index in [0.717, 1.165) is 18.9 Å². The highest BCUT2D eigenvalue weighted by atomic mass is 16.5. The number of benzene rings is 2. The van der Waals surface area contributed by atoms with Crippen LogP contribution in [0, 0.1) is 12.8 Å². The molecule has 2 heterocycles. The Morgan fingerprint density at radius 1 is 1.09 bits per heavy atom. The molecular weight excluding hydrogens is 270 g/mol. The molecule has 2 nitrogen and oxygen atoms in total. The monoisotopic (exact) mass is 293 g/mol. The highest BCUT2D eigenvalue weighted by Gasteiger charge is 2.44. The van der Waals surface area contributed by atoms with Crippen LogP contribution in [-0.4, -0.2) is 18.1 Å². The third-order valence-electron chi connectivity index (χ3n) is 5.25. The molecule has 0 spiro atoms. The number of hydrogen-bond donors (Lipinski definition) is 0. The SMILES string of the molecule is CCN1[C@@H](c2ccc(C)cc2)C[C@H]2COc3ccccc3[C@H]21. The van der Waals surface area contributed by atoms with Crippen LogP contribution in [0.3, 0.4) is 0 Å². The summed E-state index contributed by atoms with van der Waals surface area (Å²) in [6.07, 6.45) is 1.19. The second kappa shape index (κ2) is 5.44. The van der Waals surface area contributed by atoms with Gasteiger partial charge in [0.05, 0.1) is 6.61 Å². The molecule has 2 aromatic carbocycles. The van der Waals surface area contributed by atoms with Gasteiger partial charge in [0.2, 0.25) is 0 Å². The van der Waals surface area contributed by atoms with Gasteiger partial charge >= 0.3 is 0 Å². The topological polar surface area (TPSA) is 12.5 Å². The van der Waals surface area contributed by atoms with Crippen LogP contribution in [-0.2, 0) is 0 Å². The zero-order valence-corrected chi connectivity index (χ0v) is 13.3. The smallest absolute Gasteiger partial charge is 0.124 e. The molecule has 2 aliphatic rings. The Bertz CT molecular complexity index is 664. The first-order valence-corrected chi connectivity index (χ1v) is 8.32. The molecule has 0 radical (unpaired) electrons. The summed E-state index contributed by atoms with van der Waals surface area (Å²) in [6.45, 7) is 6.36. The van der Waals surface area contributed by atoms with Crippen LogP contribution in [0.5, 0.6) is 5.75 Å². The maximum atomic E-state index is 6.01. The van der Waals surface area contributed by atoms with Crippen LogP contribution < -0.4 is 4.74 Å². The van der Waals surface area contributed by atoms with Crippen molar-refractivity contribution in [2.45, 2.75) is 32.4 Å².